The number of alkyl halides is 5. The van der Waals surface area contributed by atoms with E-state index in [-0.39, 0.29) is 47.9 Å². The molecule has 0 aromatic heterocycles. The number of aryl methyl sites for hydroxylation is 1. The Hall–Kier alpha value is -2.68. The van der Waals surface area contributed by atoms with E-state index in [0.717, 1.165) is 6.92 Å². The third kappa shape index (κ3) is 6.25. The summed E-state index contributed by atoms with van der Waals surface area (Å²) in [5, 5.41) is 11.4. The molecule has 1 aliphatic carbocycles. The van der Waals surface area contributed by atoms with Crippen LogP contribution < -0.4 is 5.32 Å². The molecule has 3 rings (SSSR count). The van der Waals surface area contributed by atoms with Gasteiger partial charge in [0.1, 0.15) is 0 Å². The normalized spacial score (nSPS) is 17.5. The lowest BCUT2D eigenvalue weighted by Gasteiger charge is -2.35. The topological polar surface area (TPSA) is 66.4 Å². The van der Waals surface area contributed by atoms with E-state index in [9.17, 15) is 31.5 Å². The summed E-state index contributed by atoms with van der Waals surface area (Å²) in [7, 11) is 0. The van der Waals surface area contributed by atoms with Crippen molar-refractivity contribution in [1.29, 1.82) is 0 Å². The predicted molar refractivity (Wildman–Crippen MR) is 117 cm³/mol. The Labute approximate surface area is 198 Å². The van der Waals surface area contributed by atoms with Crippen molar-refractivity contribution in [2.45, 2.75) is 56.5 Å². The van der Waals surface area contributed by atoms with Gasteiger partial charge in [-0.05, 0) is 41.2 Å². The Bertz CT molecular complexity index is 1050. The molecule has 2 N–H and O–H groups in total. The van der Waals surface area contributed by atoms with E-state index >= 15 is 0 Å². The van der Waals surface area contributed by atoms with Gasteiger partial charge in [0, 0.05) is 19.3 Å². The van der Waals surface area contributed by atoms with Crippen molar-refractivity contribution in [1.82, 2.24) is 0 Å². The van der Waals surface area contributed by atoms with Crippen molar-refractivity contribution in [2.75, 3.05) is 5.32 Å². The summed E-state index contributed by atoms with van der Waals surface area (Å²) in [6.45, 7) is 0.898. The second-order valence-electron chi connectivity index (χ2n) is 8.63. The number of amides is 1. The van der Waals surface area contributed by atoms with Gasteiger partial charge in [-0.15, -0.1) is 0 Å². The van der Waals surface area contributed by atoms with Crippen LogP contribution in [0, 0.1) is 5.92 Å². The number of rotatable bonds is 8. The molecule has 2 atom stereocenters. The van der Waals surface area contributed by atoms with E-state index in [0.29, 0.717) is 11.1 Å². The van der Waals surface area contributed by atoms with Crippen molar-refractivity contribution in [3.63, 3.8) is 0 Å². The Kier molecular flexibility index (Phi) is 7.55. The summed E-state index contributed by atoms with van der Waals surface area (Å²) in [4.78, 5) is 23.8. The lowest BCUT2D eigenvalue weighted by atomic mass is 9.76. The predicted octanol–water partition coefficient (Wildman–Crippen LogP) is 6.79. The van der Waals surface area contributed by atoms with E-state index in [2.05, 4.69) is 5.32 Å². The monoisotopic (exact) mass is 503 g/mol. The Morgan fingerprint density at radius 1 is 1.15 bits per heavy atom. The van der Waals surface area contributed by atoms with Crippen LogP contribution >= 0.6 is 11.6 Å². The Balaban J connectivity index is 1.84. The highest BCUT2D eigenvalue weighted by molar-refractivity contribution is 6.33. The average molecular weight is 504 g/mol. The number of hydrogen-bond acceptors (Lipinski definition) is 2. The zero-order valence-corrected chi connectivity index (χ0v) is 18.9. The highest BCUT2D eigenvalue weighted by atomic mass is 35.5. The van der Waals surface area contributed by atoms with Crippen LogP contribution in [0.4, 0.5) is 27.6 Å². The Morgan fingerprint density at radius 2 is 1.76 bits per heavy atom. The van der Waals surface area contributed by atoms with Crippen molar-refractivity contribution in [3.05, 3.63) is 64.2 Å². The van der Waals surface area contributed by atoms with Gasteiger partial charge in [0.25, 0.3) is 0 Å². The van der Waals surface area contributed by atoms with Crippen LogP contribution in [0.1, 0.15) is 54.7 Å². The first kappa shape index (κ1) is 25.9. The quantitative estimate of drug-likeness (QED) is 0.390. The molecule has 34 heavy (non-hydrogen) atoms. The number of halogens is 6. The third-order valence-corrected chi connectivity index (χ3v) is 6.40. The summed E-state index contributed by atoms with van der Waals surface area (Å²) in [5.41, 5.74) is 1.30. The SMILES string of the molecule is CC(C(C(=O)Nc1cc(CCC(=O)O)ccc1Cl)c1ccc(C2CC(F)(F)C2)cc1)C(F)(F)F. The number of benzene rings is 2. The molecule has 0 bridgehead atoms. The molecule has 0 saturated heterocycles. The zero-order valence-electron chi connectivity index (χ0n) is 18.1. The molecule has 0 aliphatic heterocycles. The fourth-order valence-electron chi connectivity index (χ4n) is 4.01. The second kappa shape index (κ2) is 9.90. The van der Waals surface area contributed by atoms with E-state index in [1.807, 2.05) is 0 Å². The minimum absolute atomic E-state index is 0.0715. The number of carbonyl (C=O) groups excluding carboxylic acids is 1. The molecule has 1 saturated carbocycles. The fraction of sp³-hybridized carbons (Fsp3) is 0.417. The van der Waals surface area contributed by atoms with E-state index in [1.165, 1.54) is 36.4 Å². The minimum Gasteiger partial charge on any atom is -0.481 e. The number of nitrogens with one attached hydrogen (secondary N) is 1. The fourth-order valence-corrected chi connectivity index (χ4v) is 4.18. The third-order valence-electron chi connectivity index (χ3n) is 6.07. The van der Waals surface area contributed by atoms with Crippen molar-refractivity contribution in [3.8, 4) is 0 Å². The van der Waals surface area contributed by atoms with Crippen molar-refractivity contribution < 1.29 is 36.6 Å². The van der Waals surface area contributed by atoms with Crippen LogP contribution in [0.15, 0.2) is 42.5 Å². The zero-order chi connectivity index (χ0) is 25.3. The van der Waals surface area contributed by atoms with Crippen LogP contribution in [0.3, 0.4) is 0 Å². The van der Waals surface area contributed by atoms with Crippen LogP contribution in [-0.2, 0) is 16.0 Å². The van der Waals surface area contributed by atoms with Crippen molar-refractivity contribution in [2.24, 2.45) is 5.92 Å². The molecular weight excluding hydrogens is 481 g/mol. The van der Waals surface area contributed by atoms with Crippen LogP contribution in [0.25, 0.3) is 0 Å². The average Bonchev–Trinajstić information content (AvgIpc) is 2.72. The van der Waals surface area contributed by atoms with Gasteiger partial charge in [-0.1, -0.05) is 48.9 Å². The van der Waals surface area contributed by atoms with Gasteiger partial charge in [0.05, 0.1) is 22.5 Å². The largest absolute Gasteiger partial charge is 0.481 e. The molecule has 0 radical (unpaired) electrons. The highest BCUT2D eigenvalue weighted by Crippen LogP contribution is 2.48. The van der Waals surface area contributed by atoms with Gasteiger partial charge in [-0.2, -0.15) is 13.2 Å². The summed E-state index contributed by atoms with van der Waals surface area (Å²) in [6, 6.07) is 10.1. The van der Waals surface area contributed by atoms with Crippen molar-refractivity contribution >= 4 is 29.2 Å². The first-order valence-corrected chi connectivity index (χ1v) is 11.0. The number of aliphatic carboxylic acids is 1. The summed E-state index contributed by atoms with van der Waals surface area (Å²) in [5.74, 6) is -8.71. The number of carboxylic acids is 1. The maximum atomic E-state index is 13.6. The van der Waals surface area contributed by atoms with Gasteiger partial charge in [0.15, 0.2) is 0 Å². The maximum absolute atomic E-state index is 13.6. The Morgan fingerprint density at radius 3 is 2.29 bits per heavy atom. The van der Waals surface area contributed by atoms with Gasteiger partial charge >= 0.3 is 12.1 Å². The molecule has 0 spiro atoms. The summed E-state index contributed by atoms with van der Waals surface area (Å²) < 4.78 is 67.2. The van der Waals surface area contributed by atoms with Crippen LogP contribution in [-0.4, -0.2) is 29.1 Å². The lowest BCUT2D eigenvalue weighted by Crippen LogP contribution is -2.35. The molecule has 184 valence electrons. The molecule has 1 amide bonds. The molecule has 2 aromatic carbocycles. The van der Waals surface area contributed by atoms with Gasteiger partial charge < -0.3 is 10.4 Å². The molecule has 10 heteroatoms. The molecule has 4 nitrogen and oxygen atoms in total. The minimum atomic E-state index is -4.68. The number of hydrogen-bond donors (Lipinski definition) is 2. The standard InChI is InChI=1S/C24H23ClF5NO3/c1-13(24(28,29)30)21(16-6-4-15(5-7-16)17-11-23(26,27)12-17)22(34)31-19-10-14(2-8-18(19)25)3-9-20(32)33/h2,4-8,10,13,17,21H,3,9,11-12H2,1H3,(H,31,34)(H,32,33). The first-order valence-electron chi connectivity index (χ1n) is 10.6. The molecular formula is C24H23ClF5NO3. The number of carboxylic acid groups (broad SMARTS) is 1. The number of anilines is 1. The molecule has 1 aliphatic rings. The smallest absolute Gasteiger partial charge is 0.392 e. The summed E-state index contributed by atoms with van der Waals surface area (Å²) >= 11 is 6.11. The molecule has 2 aromatic rings. The van der Waals surface area contributed by atoms with E-state index in [1.54, 1.807) is 6.07 Å². The number of carbonyl (C=O) groups is 2. The molecule has 1 fully saturated rings. The van der Waals surface area contributed by atoms with Gasteiger partial charge in [-0.3, -0.25) is 9.59 Å². The van der Waals surface area contributed by atoms with Crippen LogP contribution in [0.5, 0.6) is 0 Å². The highest BCUT2D eigenvalue weighted by Gasteiger charge is 2.47. The summed E-state index contributed by atoms with van der Waals surface area (Å²) in [6.07, 6.45) is -5.32. The van der Waals surface area contributed by atoms with Gasteiger partial charge in [0.2, 0.25) is 11.8 Å². The van der Waals surface area contributed by atoms with E-state index < -0.39 is 35.8 Å². The second-order valence-corrected chi connectivity index (χ2v) is 9.04. The van der Waals surface area contributed by atoms with Crippen LogP contribution in [0.2, 0.25) is 5.02 Å². The first-order chi connectivity index (χ1) is 15.8. The molecule has 0 heterocycles. The van der Waals surface area contributed by atoms with Gasteiger partial charge in [-0.25, -0.2) is 8.78 Å². The molecule has 2 unspecified atom stereocenters. The maximum Gasteiger partial charge on any atom is 0.392 e. The van der Waals surface area contributed by atoms with E-state index in [4.69, 9.17) is 16.7 Å². The lowest BCUT2D eigenvalue weighted by molar-refractivity contribution is -0.178.